The minimum atomic E-state index is -0.843. The highest BCUT2D eigenvalue weighted by Gasteiger charge is 2.25. The summed E-state index contributed by atoms with van der Waals surface area (Å²) in [6, 6.07) is 31.1. The van der Waals surface area contributed by atoms with Gasteiger partial charge >= 0.3 is 17.9 Å². The number of hydrogen-bond acceptors (Lipinski definition) is 7. The second-order valence-corrected chi connectivity index (χ2v) is 9.97. The van der Waals surface area contributed by atoms with Crippen LogP contribution in [-0.4, -0.2) is 27.9 Å². The number of hydrogen-bond donors (Lipinski definition) is 1. The Morgan fingerprint density at radius 2 is 1.14 bits per heavy atom. The van der Waals surface area contributed by atoms with Crippen molar-refractivity contribution in [2.45, 2.75) is 19.8 Å². The smallest absolute Gasteiger partial charge is 0.357 e. The number of carbonyl (C=O) groups excluding carboxylic acids is 3. The average Bonchev–Trinajstić information content (AvgIpc) is 3.50. The van der Waals surface area contributed by atoms with Crippen LogP contribution in [0.3, 0.4) is 0 Å². The number of nitrogens with one attached hydrogen (secondary N) is 1. The Labute approximate surface area is 251 Å². The zero-order valence-electron chi connectivity index (χ0n) is 23.3. The minimum absolute atomic E-state index is 0.0389. The molecule has 2 aromatic heterocycles. The molecule has 0 aliphatic carbocycles. The zero-order chi connectivity index (χ0) is 30.5. The molecule has 0 saturated carbocycles. The second kappa shape index (κ2) is 12.6. The summed E-state index contributed by atoms with van der Waals surface area (Å²) in [6.07, 6.45) is 0. The highest BCUT2D eigenvalue weighted by atomic mass is 19.1. The molecule has 0 amide bonds. The predicted octanol–water partition coefficient (Wildman–Crippen LogP) is 6.93. The molecule has 6 rings (SSSR count). The molecule has 0 spiro atoms. The van der Waals surface area contributed by atoms with Crippen molar-refractivity contribution in [1.29, 1.82) is 0 Å². The molecule has 6 aromatic rings. The van der Waals surface area contributed by atoms with Gasteiger partial charge in [-0.2, -0.15) is 0 Å². The maximum atomic E-state index is 15.6. The molecule has 0 aliphatic heterocycles. The molecule has 0 saturated heterocycles. The maximum absolute atomic E-state index is 15.6. The average molecular weight is 589 g/mol. The van der Waals surface area contributed by atoms with Gasteiger partial charge in [-0.15, -0.1) is 0 Å². The summed E-state index contributed by atoms with van der Waals surface area (Å²) < 4.78 is 32.0. The third-order valence-electron chi connectivity index (χ3n) is 6.91. The van der Waals surface area contributed by atoms with Gasteiger partial charge in [0, 0.05) is 10.8 Å². The van der Waals surface area contributed by atoms with Crippen molar-refractivity contribution in [3.05, 3.63) is 149 Å². The quantitative estimate of drug-likeness (QED) is 0.144. The summed E-state index contributed by atoms with van der Waals surface area (Å²) in [5.41, 5.74) is 1.95. The fraction of sp³-hybridized carbons (Fsp3) is 0.0857. The van der Waals surface area contributed by atoms with E-state index in [0.717, 1.165) is 16.7 Å². The van der Waals surface area contributed by atoms with E-state index in [4.69, 9.17) is 14.2 Å². The first-order valence-corrected chi connectivity index (χ1v) is 13.8. The van der Waals surface area contributed by atoms with Crippen LogP contribution < -0.4 is 0 Å². The number of fused-ring (bicyclic) bond motifs is 3. The predicted molar refractivity (Wildman–Crippen MR) is 160 cm³/mol. The molecule has 0 bridgehead atoms. The number of aromatic amines is 1. The third kappa shape index (κ3) is 6.17. The molecular weight excluding hydrogens is 563 g/mol. The Balaban J connectivity index is 1.38. The number of esters is 3. The Hall–Kier alpha value is -5.83. The molecule has 0 fully saturated rings. The Bertz CT molecular complexity index is 1980. The van der Waals surface area contributed by atoms with Gasteiger partial charge in [-0.3, -0.25) is 0 Å². The van der Waals surface area contributed by atoms with E-state index in [0.29, 0.717) is 5.39 Å². The van der Waals surface area contributed by atoms with Crippen LogP contribution in [-0.2, 0) is 34.0 Å². The van der Waals surface area contributed by atoms with Crippen LogP contribution in [0.15, 0.2) is 109 Å². The van der Waals surface area contributed by atoms with Crippen molar-refractivity contribution < 1.29 is 33.0 Å². The van der Waals surface area contributed by atoms with Gasteiger partial charge in [0.15, 0.2) is 0 Å². The largest absolute Gasteiger partial charge is 0.457 e. The summed E-state index contributed by atoms with van der Waals surface area (Å²) in [4.78, 5) is 46.7. The number of rotatable bonds is 9. The molecule has 0 aliphatic rings. The molecule has 0 atom stereocenters. The van der Waals surface area contributed by atoms with Crippen molar-refractivity contribution in [3.8, 4) is 0 Å². The summed E-state index contributed by atoms with van der Waals surface area (Å²) in [5, 5.41) is 0.361. The normalized spacial score (nSPS) is 10.9. The molecule has 0 unspecified atom stereocenters. The van der Waals surface area contributed by atoms with Crippen LogP contribution in [0, 0.1) is 5.82 Å². The zero-order valence-corrected chi connectivity index (χ0v) is 23.3. The van der Waals surface area contributed by atoms with Crippen molar-refractivity contribution in [1.82, 2.24) is 9.97 Å². The Kier molecular flexibility index (Phi) is 8.09. The molecular formula is C35H25FN2O6. The van der Waals surface area contributed by atoms with Crippen molar-refractivity contribution in [3.63, 3.8) is 0 Å². The standard InChI is InChI=1S/C35H25FN2O6/c36-27-16-25-17-28(34(40)43-20-23-12-6-2-7-13-23)37-31(25)30-26(33(39)42-19-22-10-4-1-5-11-22)18-29(38-32(27)30)35(41)44-21-24-14-8-3-9-15-24/h1-18,37H,19-21H2. The van der Waals surface area contributed by atoms with E-state index in [-0.39, 0.29) is 53.2 Å². The van der Waals surface area contributed by atoms with Gasteiger partial charge in [-0.25, -0.2) is 23.8 Å². The van der Waals surface area contributed by atoms with Gasteiger partial charge in [0.2, 0.25) is 0 Å². The van der Waals surface area contributed by atoms with Gasteiger partial charge in [-0.05, 0) is 34.9 Å². The summed E-state index contributed by atoms with van der Waals surface area (Å²) in [5.74, 6) is -3.12. The van der Waals surface area contributed by atoms with E-state index in [1.54, 1.807) is 36.4 Å². The molecule has 9 heteroatoms. The third-order valence-corrected chi connectivity index (χ3v) is 6.91. The van der Waals surface area contributed by atoms with Crippen LogP contribution >= 0.6 is 0 Å². The summed E-state index contributed by atoms with van der Waals surface area (Å²) >= 11 is 0. The second-order valence-electron chi connectivity index (χ2n) is 9.97. The lowest BCUT2D eigenvalue weighted by atomic mass is 10.0. The fourth-order valence-corrected chi connectivity index (χ4v) is 4.74. The van der Waals surface area contributed by atoms with Gasteiger partial charge < -0.3 is 19.2 Å². The van der Waals surface area contributed by atoms with Crippen LogP contribution in [0.1, 0.15) is 48.0 Å². The molecule has 0 radical (unpaired) electrons. The molecule has 2 heterocycles. The van der Waals surface area contributed by atoms with E-state index in [1.807, 2.05) is 54.6 Å². The first kappa shape index (κ1) is 28.3. The molecule has 218 valence electrons. The van der Waals surface area contributed by atoms with Crippen molar-refractivity contribution in [2.75, 3.05) is 0 Å². The van der Waals surface area contributed by atoms with Gasteiger partial charge in [0.25, 0.3) is 0 Å². The van der Waals surface area contributed by atoms with Crippen LogP contribution in [0.25, 0.3) is 21.8 Å². The Morgan fingerprint density at radius 1 is 0.636 bits per heavy atom. The van der Waals surface area contributed by atoms with Crippen LogP contribution in [0.2, 0.25) is 0 Å². The molecule has 44 heavy (non-hydrogen) atoms. The highest BCUT2D eigenvalue weighted by molar-refractivity contribution is 6.16. The first-order valence-electron chi connectivity index (χ1n) is 13.8. The lowest BCUT2D eigenvalue weighted by Crippen LogP contribution is -2.13. The van der Waals surface area contributed by atoms with Gasteiger partial charge in [0.05, 0.1) is 11.1 Å². The van der Waals surface area contributed by atoms with E-state index in [9.17, 15) is 14.4 Å². The number of carbonyl (C=O) groups is 3. The maximum Gasteiger partial charge on any atom is 0.357 e. The fourth-order valence-electron chi connectivity index (χ4n) is 4.74. The molecule has 8 nitrogen and oxygen atoms in total. The van der Waals surface area contributed by atoms with Crippen LogP contribution in [0.4, 0.5) is 4.39 Å². The SMILES string of the molecule is O=C(OCc1ccccc1)c1cc(C(=O)OCc2ccccc2)c2c(n1)c(F)cc1cc(C(=O)OCc3ccccc3)[nH]c12. The van der Waals surface area contributed by atoms with E-state index >= 15 is 4.39 Å². The van der Waals surface area contributed by atoms with Crippen LogP contribution in [0.5, 0.6) is 0 Å². The van der Waals surface area contributed by atoms with Crippen molar-refractivity contribution >= 4 is 39.7 Å². The summed E-state index contributed by atoms with van der Waals surface area (Å²) in [6.45, 7) is -0.0610. The van der Waals surface area contributed by atoms with E-state index < -0.39 is 23.7 Å². The minimum Gasteiger partial charge on any atom is -0.457 e. The van der Waals surface area contributed by atoms with Gasteiger partial charge in [-0.1, -0.05) is 91.0 Å². The first-order chi connectivity index (χ1) is 21.5. The number of ether oxygens (including phenoxy) is 3. The monoisotopic (exact) mass is 588 g/mol. The molecule has 4 aromatic carbocycles. The number of nitrogens with zero attached hydrogens (tertiary/aromatic N) is 1. The topological polar surface area (TPSA) is 108 Å². The van der Waals surface area contributed by atoms with E-state index in [2.05, 4.69) is 9.97 Å². The number of benzene rings is 4. The number of halogens is 1. The summed E-state index contributed by atoms with van der Waals surface area (Å²) in [7, 11) is 0. The van der Waals surface area contributed by atoms with Gasteiger partial charge in [0.1, 0.15) is 42.5 Å². The Morgan fingerprint density at radius 3 is 1.68 bits per heavy atom. The highest BCUT2D eigenvalue weighted by Crippen LogP contribution is 2.32. The molecule has 1 N–H and O–H groups in total. The van der Waals surface area contributed by atoms with E-state index in [1.165, 1.54) is 18.2 Å². The lowest BCUT2D eigenvalue weighted by Gasteiger charge is -2.12. The number of H-pyrrole nitrogens is 1. The number of pyridine rings is 1. The van der Waals surface area contributed by atoms with Crippen molar-refractivity contribution in [2.24, 2.45) is 0 Å². The lowest BCUT2D eigenvalue weighted by molar-refractivity contribution is 0.0455. The number of aromatic nitrogens is 2.